The van der Waals surface area contributed by atoms with Crippen LogP contribution in [0.3, 0.4) is 0 Å². The smallest absolute Gasteiger partial charge is 0.208 e. The summed E-state index contributed by atoms with van der Waals surface area (Å²) in [4.78, 5) is 6.28. The first kappa shape index (κ1) is 13.2. The second kappa shape index (κ2) is 8.77. The first-order chi connectivity index (χ1) is 6.76. The lowest BCUT2D eigenvalue weighted by Crippen LogP contribution is -2.44. The molecule has 0 radical (unpaired) electrons. The van der Waals surface area contributed by atoms with Crippen LogP contribution in [0.2, 0.25) is 0 Å². The quantitative estimate of drug-likeness (QED) is 0.212. The minimum Gasteiger partial charge on any atom is -0.383 e. The normalized spacial score (nSPS) is 11.6. The molecule has 0 aromatic rings. The van der Waals surface area contributed by atoms with Crippen molar-refractivity contribution in [2.45, 2.75) is 19.8 Å². The minimum atomic E-state index is 0.672. The Kier molecular flexibility index (Phi) is 8.27. The van der Waals surface area contributed by atoms with Gasteiger partial charge in [0.1, 0.15) is 0 Å². The van der Waals surface area contributed by atoms with Crippen LogP contribution in [0.25, 0.3) is 0 Å². The Morgan fingerprint density at radius 2 is 2.29 bits per heavy atom. The van der Waals surface area contributed by atoms with E-state index in [0.717, 1.165) is 31.9 Å². The zero-order valence-corrected chi connectivity index (χ0v) is 9.42. The van der Waals surface area contributed by atoms with Crippen molar-refractivity contribution >= 4 is 5.96 Å². The molecule has 14 heavy (non-hydrogen) atoms. The monoisotopic (exact) mass is 202 g/mol. The molecule has 0 saturated carbocycles. The highest BCUT2D eigenvalue weighted by molar-refractivity contribution is 5.79. The molecule has 5 heteroatoms. The highest BCUT2D eigenvalue weighted by Gasteiger charge is 2.02. The Hall–Kier alpha value is -0.810. The SMILES string of the molecule is CCCCN=C(NN)N(C)CCOC. The fraction of sp³-hybridized carbons (Fsp3) is 0.889. The zero-order valence-electron chi connectivity index (χ0n) is 9.42. The maximum Gasteiger partial charge on any atom is 0.208 e. The fourth-order valence-electron chi connectivity index (χ4n) is 0.954. The molecule has 0 atom stereocenters. The Morgan fingerprint density at radius 3 is 2.79 bits per heavy atom. The first-order valence-electron chi connectivity index (χ1n) is 4.97. The molecule has 0 aromatic heterocycles. The number of nitrogens with one attached hydrogen (secondary N) is 1. The average molecular weight is 202 g/mol. The van der Waals surface area contributed by atoms with Crippen LogP contribution in [0.15, 0.2) is 4.99 Å². The van der Waals surface area contributed by atoms with Gasteiger partial charge in [-0.15, -0.1) is 0 Å². The molecular weight excluding hydrogens is 180 g/mol. The Balaban J connectivity index is 3.90. The summed E-state index contributed by atoms with van der Waals surface area (Å²) in [5.41, 5.74) is 2.59. The summed E-state index contributed by atoms with van der Waals surface area (Å²) in [6.07, 6.45) is 2.23. The molecule has 3 N–H and O–H groups in total. The lowest BCUT2D eigenvalue weighted by molar-refractivity contribution is 0.181. The maximum atomic E-state index is 5.36. The third-order valence-corrected chi connectivity index (χ3v) is 1.89. The van der Waals surface area contributed by atoms with Crippen LogP contribution in [0.1, 0.15) is 19.8 Å². The molecule has 0 heterocycles. The third kappa shape index (κ3) is 5.77. The Bertz CT molecular complexity index is 161. The second-order valence-corrected chi connectivity index (χ2v) is 3.12. The molecule has 0 aliphatic carbocycles. The number of hydrogen-bond acceptors (Lipinski definition) is 3. The number of unbranched alkanes of at least 4 members (excludes halogenated alkanes) is 1. The molecule has 0 aliphatic rings. The third-order valence-electron chi connectivity index (χ3n) is 1.89. The van der Waals surface area contributed by atoms with Crippen LogP contribution >= 0.6 is 0 Å². The minimum absolute atomic E-state index is 0.672. The van der Waals surface area contributed by atoms with E-state index < -0.39 is 0 Å². The van der Waals surface area contributed by atoms with E-state index in [1.165, 1.54) is 0 Å². The molecule has 0 aliphatic heterocycles. The van der Waals surface area contributed by atoms with Gasteiger partial charge >= 0.3 is 0 Å². The van der Waals surface area contributed by atoms with Crippen LogP contribution in [0.4, 0.5) is 0 Å². The summed E-state index contributed by atoms with van der Waals surface area (Å²) in [5.74, 6) is 6.08. The number of hydrogen-bond donors (Lipinski definition) is 2. The number of nitrogens with two attached hydrogens (primary N) is 1. The van der Waals surface area contributed by atoms with Gasteiger partial charge in [-0.25, -0.2) is 5.84 Å². The van der Waals surface area contributed by atoms with Crippen LogP contribution in [0.5, 0.6) is 0 Å². The second-order valence-electron chi connectivity index (χ2n) is 3.12. The molecule has 0 saturated heterocycles. The Morgan fingerprint density at radius 1 is 1.57 bits per heavy atom. The highest BCUT2D eigenvalue weighted by atomic mass is 16.5. The number of likely N-dealkylation sites (N-methyl/N-ethyl adjacent to an activating group) is 1. The summed E-state index contributed by atoms with van der Waals surface area (Å²) >= 11 is 0. The van der Waals surface area contributed by atoms with E-state index in [1.54, 1.807) is 7.11 Å². The zero-order chi connectivity index (χ0) is 10.8. The maximum absolute atomic E-state index is 5.36. The first-order valence-corrected chi connectivity index (χ1v) is 4.97. The van der Waals surface area contributed by atoms with Crippen molar-refractivity contribution in [2.75, 3.05) is 33.9 Å². The predicted molar refractivity (Wildman–Crippen MR) is 59.0 cm³/mol. The van der Waals surface area contributed by atoms with Gasteiger partial charge in [0.25, 0.3) is 0 Å². The summed E-state index contributed by atoms with van der Waals surface area (Å²) in [6, 6.07) is 0. The summed E-state index contributed by atoms with van der Waals surface area (Å²) in [6.45, 7) is 4.41. The predicted octanol–water partition coefficient (Wildman–Crippen LogP) is 0.184. The van der Waals surface area contributed by atoms with Crippen molar-refractivity contribution in [1.82, 2.24) is 10.3 Å². The van der Waals surface area contributed by atoms with E-state index in [4.69, 9.17) is 10.6 Å². The largest absolute Gasteiger partial charge is 0.383 e. The van der Waals surface area contributed by atoms with E-state index in [9.17, 15) is 0 Å². The van der Waals surface area contributed by atoms with Crippen molar-refractivity contribution in [3.8, 4) is 0 Å². The molecular formula is C9H22N4O. The van der Waals surface area contributed by atoms with Gasteiger partial charge in [0.05, 0.1) is 6.61 Å². The van der Waals surface area contributed by atoms with Gasteiger partial charge in [-0.1, -0.05) is 13.3 Å². The summed E-state index contributed by atoms with van der Waals surface area (Å²) < 4.78 is 4.97. The van der Waals surface area contributed by atoms with Gasteiger partial charge < -0.3 is 9.64 Å². The van der Waals surface area contributed by atoms with Gasteiger partial charge in [0.2, 0.25) is 5.96 Å². The molecule has 0 unspecified atom stereocenters. The van der Waals surface area contributed by atoms with E-state index in [-0.39, 0.29) is 0 Å². The standard InChI is InChI=1S/C9H22N4O/c1-4-5-6-11-9(12-10)13(2)7-8-14-3/h4-8,10H2,1-3H3,(H,11,12). The van der Waals surface area contributed by atoms with E-state index in [1.807, 2.05) is 11.9 Å². The number of ether oxygens (including phenoxy) is 1. The Labute approximate surface area is 86.3 Å². The topological polar surface area (TPSA) is 62.9 Å². The van der Waals surface area contributed by atoms with Gasteiger partial charge in [-0.05, 0) is 6.42 Å². The molecule has 0 bridgehead atoms. The van der Waals surface area contributed by atoms with Crippen molar-refractivity contribution in [1.29, 1.82) is 0 Å². The molecule has 84 valence electrons. The van der Waals surface area contributed by atoms with Crippen LogP contribution in [-0.4, -0.2) is 44.7 Å². The number of methoxy groups -OCH3 is 1. The molecule has 0 spiro atoms. The van der Waals surface area contributed by atoms with E-state index in [2.05, 4.69) is 17.3 Å². The van der Waals surface area contributed by atoms with Crippen molar-refractivity contribution in [2.24, 2.45) is 10.8 Å². The number of aliphatic imine (C=N–C) groups is 1. The number of nitrogens with zero attached hydrogens (tertiary/aromatic N) is 2. The van der Waals surface area contributed by atoms with E-state index >= 15 is 0 Å². The van der Waals surface area contributed by atoms with Crippen molar-refractivity contribution in [3.63, 3.8) is 0 Å². The van der Waals surface area contributed by atoms with Gasteiger partial charge in [-0.2, -0.15) is 0 Å². The van der Waals surface area contributed by atoms with Gasteiger partial charge in [0, 0.05) is 27.2 Å². The average Bonchev–Trinajstić information content (AvgIpc) is 2.21. The van der Waals surface area contributed by atoms with Crippen molar-refractivity contribution < 1.29 is 4.74 Å². The molecule has 0 amide bonds. The van der Waals surface area contributed by atoms with Gasteiger partial charge in [0.15, 0.2) is 0 Å². The molecule has 0 rings (SSSR count). The van der Waals surface area contributed by atoms with E-state index in [0.29, 0.717) is 6.61 Å². The fourth-order valence-corrected chi connectivity index (χ4v) is 0.954. The van der Waals surface area contributed by atoms with Crippen LogP contribution in [-0.2, 0) is 4.74 Å². The number of guanidine groups is 1. The molecule has 0 aromatic carbocycles. The van der Waals surface area contributed by atoms with Crippen LogP contribution < -0.4 is 11.3 Å². The van der Waals surface area contributed by atoms with Crippen molar-refractivity contribution in [3.05, 3.63) is 0 Å². The number of rotatable bonds is 6. The lowest BCUT2D eigenvalue weighted by atomic mass is 10.3. The lowest BCUT2D eigenvalue weighted by Gasteiger charge is -2.19. The highest BCUT2D eigenvalue weighted by Crippen LogP contribution is 1.90. The van der Waals surface area contributed by atoms with Gasteiger partial charge in [-0.3, -0.25) is 10.4 Å². The molecule has 0 fully saturated rings. The summed E-state index contributed by atoms with van der Waals surface area (Å²) in [7, 11) is 3.61. The summed E-state index contributed by atoms with van der Waals surface area (Å²) in [5, 5.41) is 0. The number of hydrazine groups is 1. The molecule has 5 nitrogen and oxygen atoms in total. The van der Waals surface area contributed by atoms with Crippen LogP contribution in [0, 0.1) is 0 Å².